The molecule has 0 aliphatic carbocycles. The van der Waals surface area contributed by atoms with Gasteiger partial charge in [-0.15, -0.1) is 0 Å². The Morgan fingerprint density at radius 3 is 2.42 bits per heavy atom. The van der Waals surface area contributed by atoms with Gasteiger partial charge in [0.15, 0.2) is 5.76 Å². The first-order valence-corrected chi connectivity index (χ1v) is 9.96. The normalized spacial score (nSPS) is 11.5. The first-order chi connectivity index (χ1) is 12.3. The molecule has 6 heteroatoms. The van der Waals surface area contributed by atoms with Gasteiger partial charge in [0.25, 0.3) is 10.0 Å². The van der Waals surface area contributed by atoms with Crippen molar-refractivity contribution in [3.05, 3.63) is 64.8 Å². The summed E-state index contributed by atoms with van der Waals surface area (Å²) in [4.78, 5) is 0.253. The van der Waals surface area contributed by atoms with Crippen molar-refractivity contribution in [2.75, 3.05) is 4.72 Å². The predicted molar refractivity (Wildman–Crippen MR) is 103 cm³/mol. The fourth-order valence-corrected chi connectivity index (χ4v) is 4.36. The Kier molecular flexibility index (Phi) is 4.87. The molecule has 0 fully saturated rings. The van der Waals surface area contributed by atoms with Gasteiger partial charge in [-0.1, -0.05) is 30.3 Å². The Morgan fingerprint density at radius 1 is 1.04 bits per heavy atom. The van der Waals surface area contributed by atoms with Crippen molar-refractivity contribution < 1.29 is 12.9 Å². The second-order valence-corrected chi connectivity index (χ2v) is 8.03. The summed E-state index contributed by atoms with van der Waals surface area (Å²) in [5.74, 6) is 0.620. The standard InChI is InChI=1S/C20H22N2O3S/c1-5-16-8-6-7-13(2)20(16)22-26(23,24)19-10-9-17(11-14(19)3)18-12-15(4)21-25-18/h6-12,22H,5H2,1-4H3. The Hall–Kier alpha value is -2.60. The average molecular weight is 370 g/mol. The van der Waals surface area contributed by atoms with Gasteiger partial charge in [0.1, 0.15) is 0 Å². The number of aromatic nitrogens is 1. The molecule has 3 aromatic rings. The number of benzene rings is 2. The topological polar surface area (TPSA) is 72.2 Å². The molecule has 1 heterocycles. The predicted octanol–water partition coefficient (Wildman–Crippen LogP) is 4.63. The molecule has 0 saturated heterocycles. The second-order valence-electron chi connectivity index (χ2n) is 6.38. The van der Waals surface area contributed by atoms with E-state index in [4.69, 9.17) is 4.52 Å². The van der Waals surface area contributed by atoms with Crippen LogP contribution in [0.4, 0.5) is 5.69 Å². The van der Waals surface area contributed by atoms with Gasteiger partial charge in [0.2, 0.25) is 0 Å². The summed E-state index contributed by atoms with van der Waals surface area (Å²) in [6.07, 6.45) is 0.752. The zero-order chi connectivity index (χ0) is 18.9. The van der Waals surface area contributed by atoms with Gasteiger partial charge >= 0.3 is 0 Å². The van der Waals surface area contributed by atoms with E-state index in [-0.39, 0.29) is 4.90 Å². The lowest BCUT2D eigenvalue weighted by Crippen LogP contribution is -2.16. The third-order valence-corrected chi connectivity index (χ3v) is 5.86. The van der Waals surface area contributed by atoms with Crippen molar-refractivity contribution >= 4 is 15.7 Å². The molecule has 0 aliphatic rings. The highest BCUT2D eigenvalue weighted by atomic mass is 32.2. The average Bonchev–Trinajstić information content (AvgIpc) is 3.02. The summed E-state index contributed by atoms with van der Waals surface area (Å²) < 4.78 is 33.9. The van der Waals surface area contributed by atoms with Crippen molar-refractivity contribution in [3.63, 3.8) is 0 Å². The zero-order valence-electron chi connectivity index (χ0n) is 15.3. The highest BCUT2D eigenvalue weighted by Gasteiger charge is 2.20. The molecular weight excluding hydrogens is 348 g/mol. The zero-order valence-corrected chi connectivity index (χ0v) is 16.1. The maximum absolute atomic E-state index is 12.9. The quantitative estimate of drug-likeness (QED) is 0.711. The van der Waals surface area contributed by atoms with Crippen molar-refractivity contribution in [1.82, 2.24) is 5.16 Å². The molecule has 5 nitrogen and oxygen atoms in total. The largest absolute Gasteiger partial charge is 0.356 e. The molecule has 0 atom stereocenters. The van der Waals surface area contributed by atoms with Crippen LogP contribution in [0.15, 0.2) is 51.9 Å². The monoisotopic (exact) mass is 370 g/mol. The maximum atomic E-state index is 12.9. The molecule has 0 bridgehead atoms. The molecule has 1 N–H and O–H groups in total. The summed E-state index contributed by atoms with van der Waals surface area (Å²) in [6, 6.07) is 12.7. The third-order valence-electron chi connectivity index (χ3n) is 4.35. The molecule has 136 valence electrons. The summed E-state index contributed by atoms with van der Waals surface area (Å²) in [5.41, 5.74) is 4.76. The SMILES string of the molecule is CCc1cccc(C)c1NS(=O)(=O)c1ccc(-c2cc(C)no2)cc1C. The number of nitrogens with one attached hydrogen (secondary N) is 1. The number of hydrogen-bond acceptors (Lipinski definition) is 4. The Morgan fingerprint density at radius 2 is 1.81 bits per heavy atom. The van der Waals surface area contributed by atoms with Crippen LogP contribution in [0.1, 0.15) is 29.3 Å². The minimum Gasteiger partial charge on any atom is -0.356 e. The van der Waals surface area contributed by atoms with E-state index in [2.05, 4.69) is 9.88 Å². The first kappa shape index (κ1) is 18.2. The van der Waals surface area contributed by atoms with Crippen LogP contribution in [0.5, 0.6) is 0 Å². The molecule has 26 heavy (non-hydrogen) atoms. The fraction of sp³-hybridized carbons (Fsp3) is 0.250. The third kappa shape index (κ3) is 3.51. The molecule has 0 radical (unpaired) electrons. The van der Waals surface area contributed by atoms with Crippen LogP contribution in [0.3, 0.4) is 0 Å². The molecule has 0 aliphatic heterocycles. The highest BCUT2D eigenvalue weighted by molar-refractivity contribution is 7.92. The molecule has 0 amide bonds. The Labute approximate surface area is 154 Å². The lowest BCUT2D eigenvalue weighted by atomic mass is 10.1. The van der Waals surface area contributed by atoms with E-state index in [0.717, 1.165) is 28.8 Å². The van der Waals surface area contributed by atoms with Gasteiger partial charge in [-0.05, 0) is 62.1 Å². The number of sulfonamides is 1. The van der Waals surface area contributed by atoms with Crippen LogP contribution in [-0.4, -0.2) is 13.6 Å². The van der Waals surface area contributed by atoms with Crippen LogP contribution >= 0.6 is 0 Å². The van der Waals surface area contributed by atoms with Crippen LogP contribution in [0.25, 0.3) is 11.3 Å². The number of para-hydroxylation sites is 1. The molecular formula is C20H22N2O3S. The smallest absolute Gasteiger partial charge is 0.262 e. The van der Waals surface area contributed by atoms with Crippen molar-refractivity contribution in [1.29, 1.82) is 0 Å². The lowest BCUT2D eigenvalue weighted by Gasteiger charge is -2.16. The van der Waals surface area contributed by atoms with Crippen LogP contribution < -0.4 is 4.72 Å². The summed E-state index contributed by atoms with van der Waals surface area (Å²) >= 11 is 0. The number of anilines is 1. The minimum absolute atomic E-state index is 0.253. The van der Waals surface area contributed by atoms with Gasteiger partial charge in [-0.3, -0.25) is 4.72 Å². The number of aryl methyl sites for hydroxylation is 4. The molecule has 0 unspecified atom stereocenters. The lowest BCUT2D eigenvalue weighted by molar-refractivity contribution is 0.427. The number of hydrogen-bond donors (Lipinski definition) is 1. The van der Waals surface area contributed by atoms with E-state index in [0.29, 0.717) is 17.0 Å². The van der Waals surface area contributed by atoms with E-state index >= 15 is 0 Å². The molecule has 2 aromatic carbocycles. The second kappa shape index (κ2) is 6.96. The Balaban J connectivity index is 1.98. The molecule has 0 saturated carbocycles. The molecule has 0 spiro atoms. The van der Waals surface area contributed by atoms with Gasteiger partial charge in [0.05, 0.1) is 16.3 Å². The van der Waals surface area contributed by atoms with Gasteiger partial charge in [0, 0.05) is 11.6 Å². The number of rotatable bonds is 5. The van der Waals surface area contributed by atoms with Crippen LogP contribution in [0, 0.1) is 20.8 Å². The highest BCUT2D eigenvalue weighted by Crippen LogP contribution is 2.28. The van der Waals surface area contributed by atoms with E-state index < -0.39 is 10.0 Å². The van der Waals surface area contributed by atoms with Gasteiger partial charge in [-0.2, -0.15) is 0 Å². The van der Waals surface area contributed by atoms with E-state index in [1.807, 2.05) is 45.0 Å². The minimum atomic E-state index is -3.69. The fourth-order valence-electron chi connectivity index (χ4n) is 2.96. The maximum Gasteiger partial charge on any atom is 0.262 e. The van der Waals surface area contributed by atoms with Crippen molar-refractivity contribution in [3.8, 4) is 11.3 Å². The van der Waals surface area contributed by atoms with E-state index in [9.17, 15) is 8.42 Å². The van der Waals surface area contributed by atoms with E-state index in [1.54, 1.807) is 25.1 Å². The summed E-state index contributed by atoms with van der Waals surface area (Å²) in [5, 5.41) is 3.87. The van der Waals surface area contributed by atoms with E-state index in [1.165, 1.54) is 0 Å². The molecule has 1 aromatic heterocycles. The van der Waals surface area contributed by atoms with Crippen molar-refractivity contribution in [2.24, 2.45) is 0 Å². The summed E-state index contributed by atoms with van der Waals surface area (Å²) in [7, 11) is -3.69. The first-order valence-electron chi connectivity index (χ1n) is 8.47. The van der Waals surface area contributed by atoms with Gasteiger partial charge < -0.3 is 4.52 Å². The summed E-state index contributed by atoms with van der Waals surface area (Å²) in [6.45, 7) is 7.53. The van der Waals surface area contributed by atoms with Crippen LogP contribution in [-0.2, 0) is 16.4 Å². The molecule has 3 rings (SSSR count). The number of nitrogens with zero attached hydrogens (tertiary/aromatic N) is 1. The van der Waals surface area contributed by atoms with Gasteiger partial charge in [-0.25, -0.2) is 8.42 Å². The van der Waals surface area contributed by atoms with Crippen LogP contribution in [0.2, 0.25) is 0 Å². The van der Waals surface area contributed by atoms with Crippen molar-refractivity contribution in [2.45, 2.75) is 39.0 Å². The Bertz CT molecular complexity index is 1050.